The number of aryl methyl sites for hydroxylation is 2. The number of hydrogen-bond acceptors (Lipinski definition) is 4. The number of ether oxygens (including phenoxy) is 1. The second-order valence-electron chi connectivity index (χ2n) is 8.86. The second-order valence-corrected chi connectivity index (χ2v) is 8.86. The minimum Gasteiger partial charge on any atom is -0.370 e. The number of amides is 1. The number of unbranched alkanes of at least 4 members (excludes halogenated alkanes) is 1. The van der Waals surface area contributed by atoms with Gasteiger partial charge in [0.2, 0.25) is 5.91 Å². The van der Waals surface area contributed by atoms with E-state index in [1.165, 1.54) is 16.7 Å². The number of likely N-dealkylation sites (tertiary alicyclic amines) is 1. The van der Waals surface area contributed by atoms with Gasteiger partial charge in [0.05, 0.1) is 13.2 Å². The van der Waals surface area contributed by atoms with Crippen LogP contribution in [0.25, 0.3) is 0 Å². The van der Waals surface area contributed by atoms with Gasteiger partial charge in [-0.25, -0.2) is 0 Å². The molecular weight excluding hydrogens is 517 g/mol. The van der Waals surface area contributed by atoms with Gasteiger partial charge in [0, 0.05) is 26.1 Å². The molecule has 8 heteroatoms. The molecule has 3 rings (SSSR count). The number of hydrogen-bond donors (Lipinski definition) is 2. The molecule has 1 atom stereocenters. The van der Waals surface area contributed by atoms with Gasteiger partial charge in [-0.1, -0.05) is 23.8 Å². The van der Waals surface area contributed by atoms with Gasteiger partial charge in [-0.15, -0.1) is 24.0 Å². The predicted octanol–water partition coefficient (Wildman–Crippen LogP) is 2.85. The van der Waals surface area contributed by atoms with Gasteiger partial charge >= 0.3 is 0 Å². The van der Waals surface area contributed by atoms with Crippen molar-refractivity contribution in [1.82, 2.24) is 15.1 Å². The van der Waals surface area contributed by atoms with Crippen LogP contribution in [-0.2, 0) is 9.53 Å². The van der Waals surface area contributed by atoms with E-state index >= 15 is 0 Å². The summed E-state index contributed by atoms with van der Waals surface area (Å²) in [6.45, 7) is 10.6. The third-order valence-corrected chi connectivity index (χ3v) is 6.52. The van der Waals surface area contributed by atoms with E-state index in [1.54, 1.807) is 0 Å². The number of primary amides is 1. The number of carbonyl (C=O) groups is 1. The van der Waals surface area contributed by atoms with Crippen LogP contribution in [0.1, 0.15) is 48.5 Å². The van der Waals surface area contributed by atoms with Crippen LogP contribution < -0.4 is 11.1 Å². The number of nitrogens with zero attached hydrogens (tertiary/aromatic N) is 3. The van der Waals surface area contributed by atoms with Gasteiger partial charge in [0.15, 0.2) is 5.96 Å². The van der Waals surface area contributed by atoms with Gasteiger partial charge in [0.1, 0.15) is 6.10 Å². The van der Waals surface area contributed by atoms with E-state index in [0.717, 1.165) is 70.9 Å². The molecule has 180 valence electrons. The molecule has 0 saturated carbocycles. The first kappa shape index (κ1) is 26.9. The summed E-state index contributed by atoms with van der Waals surface area (Å²) in [7, 11) is 1.85. The fourth-order valence-electron chi connectivity index (χ4n) is 4.65. The molecule has 2 aliphatic rings. The molecule has 2 saturated heterocycles. The van der Waals surface area contributed by atoms with E-state index in [-0.39, 0.29) is 41.9 Å². The summed E-state index contributed by atoms with van der Waals surface area (Å²) in [5, 5.41) is 3.54. The first-order valence-electron chi connectivity index (χ1n) is 11.6. The molecule has 32 heavy (non-hydrogen) atoms. The van der Waals surface area contributed by atoms with Gasteiger partial charge in [-0.3, -0.25) is 9.79 Å². The van der Waals surface area contributed by atoms with Crippen molar-refractivity contribution in [2.75, 3.05) is 52.9 Å². The normalized spacial score (nSPS) is 20.7. The zero-order valence-corrected chi connectivity index (χ0v) is 22.1. The van der Waals surface area contributed by atoms with E-state index < -0.39 is 0 Å². The maximum Gasteiger partial charge on any atom is 0.220 e. The Labute approximate surface area is 210 Å². The molecule has 1 amide bonds. The highest BCUT2D eigenvalue weighted by Crippen LogP contribution is 2.26. The number of rotatable bonds is 7. The summed E-state index contributed by atoms with van der Waals surface area (Å²) in [6.07, 6.45) is 4.12. The summed E-state index contributed by atoms with van der Waals surface area (Å²) < 4.78 is 6.08. The zero-order chi connectivity index (χ0) is 22.2. The Morgan fingerprint density at radius 2 is 1.97 bits per heavy atom. The zero-order valence-electron chi connectivity index (χ0n) is 19.8. The standard InChI is InChI=1S/C24H39N5O2.HI/c1-18-6-7-21(19(2)16-18)22-17-29(14-15-31-22)24(26-3)27-10-4-5-11-28-12-8-20(9-13-28)23(25)30;/h6-7,16,20,22H,4-5,8-15,17H2,1-3H3,(H2,25,30)(H,26,27);1H. The van der Waals surface area contributed by atoms with Crippen LogP contribution in [-0.4, -0.2) is 74.6 Å². The molecule has 7 nitrogen and oxygen atoms in total. The molecule has 0 aromatic heterocycles. The predicted molar refractivity (Wildman–Crippen MR) is 141 cm³/mol. The Hall–Kier alpha value is -1.39. The molecule has 0 aliphatic carbocycles. The Kier molecular flexibility index (Phi) is 11.2. The Balaban J connectivity index is 0.00000363. The van der Waals surface area contributed by atoms with Crippen LogP contribution in [0, 0.1) is 19.8 Å². The van der Waals surface area contributed by atoms with Crippen LogP contribution in [0.5, 0.6) is 0 Å². The summed E-state index contributed by atoms with van der Waals surface area (Å²) in [6, 6.07) is 6.58. The third kappa shape index (κ3) is 7.59. The molecule has 2 aliphatic heterocycles. The molecule has 2 fully saturated rings. The van der Waals surface area contributed by atoms with Crippen molar-refractivity contribution in [2.24, 2.45) is 16.6 Å². The number of nitrogens with two attached hydrogens (primary N) is 1. The van der Waals surface area contributed by atoms with Gasteiger partial charge in [-0.05, 0) is 70.3 Å². The monoisotopic (exact) mass is 557 g/mol. The molecule has 0 bridgehead atoms. The summed E-state index contributed by atoms with van der Waals surface area (Å²) in [5.74, 6) is 0.890. The fourth-order valence-corrected chi connectivity index (χ4v) is 4.65. The summed E-state index contributed by atoms with van der Waals surface area (Å²) in [5.41, 5.74) is 9.26. The minimum absolute atomic E-state index is 0. The number of piperidine rings is 1. The first-order chi connectivity index (χ1) is 15.0. The smallest absolute Gasteiger partial charge is 0.220 e. The van der Waals surface area contributed by atoms with E-state index in [2.05, 4.69) is 52.2 Å². The van der Waals surface area contributed by atoms with Gasteiger partial charge in [0.25, 0.3) is 0 Å². The summed E-state index contributed by atoms with van der Waals surface area (Å²) >= 11 is 0. The molecule has 1 aromatic carbocycles. The highest BCUT2D eigenvalue weighted by Gasteiger charge is 2.25. The maximum absolute atomic E-state index is 11.3. The molecule has 0 radical (unpaired) electrons. The molecule has 1 unspecified atom stereocenters. The van der Waals surface area contributed by atoms with Crippen LogP contribution in [0.4, 0.5) is 0 Å². The highest BCUT2D eigenvalue weighted by molar-refractivity contribution is 14.0. The number of carbonyl (C=O) groups excluding carboxylic acids is 1. The fraction of sp³-hybridized carbons (Fsp3) is 0.667. The minimum atomic E-state index is -0.141. The summed E-state index contributed by atoms with van der Waals surface area (Å²) in [4.78, 5) is 20.6. The number of morpholine rings is 1. The Morgan fingerprint density at radius 3 is 2.62 bits per heavy atom. The number of benzene rings is 1. The van der Waals surface area contributed by atoms with E-state index in [4.69, 9.17) is 10.5 Å². The van der Waals surface area contributed by atoms with E-state index in [1.807, 2.05) is 7.05 Å². The maximum atomic E-state index is 11.3. The Morgan fingerprint density at radius 1 is 1.22 bits per heavy atom. The van der Waals surface area contributed by atoms with Crippen LogP contribution >= 0.6 is 24.0 Å². The van der Waals surface area contributed by atoms with Gasteiger partial charge < -0.3 is 25.6 Å². The average Bonchev–Trinajstić information content (AvgIpc) is 2.76. The molecule has 3 N–H and O–H groups in total. The highest BCUT2D eigenvalue weighted by atomic mass is 127. The van der Waals surface area contributed by atoms with Crippen LogP contribution in [0.2, 0.25) is 0 Å². The lowest BCUT2D eigenvalue weighted by Gasteiger charge is -2.36. The lowest BCUT2D eigenvalue weighted by Crippen LogP contribution is -2.48. The van der Waals surface area contributed by atoms with E-state index in [9.17, 15) is 4.79 Å². The van der Waals surface area contributed by atoms with Crippen molar-refractivity contribution in [2.45, 2.75) is 45.6 Å². The van der Waals surface area contributed by atoms with Crippen LogP contribution in [0.3, 0.4) is 0 Å². The molecule has 0 spiro atoms. The number of guanidine groups is 1. The topological polar surface area (TPSA) is 83.2 Å². The third-order valence-electron chi connectivity index (χ3n) is 6.52. The van der Waals surface area contributed by atoms with Crippen molar-refractivity contribution in [3.05, 3.63) is 34.9 Å². The lowest BCUT2D eigenvalue weighted by molar-refractivity contribution is -0.123. The molecule has 2 heterocycles. The number of halogens is 1. The first-order valence-corrected chi connectivity index (χ1v) is 11.6. The quantitative estimate of drug-likeness (QED) is 0.233. The number of aliphatic imine (C=N–C) groups is 1. The Bertz CT molecular complexity index is 765. The SMILES string of the molecule is CN=C(NCCCCN1CCC(C(N)=O)CC1)N1CCOC(c2ccc(C)cc2C)C1.I. The van der Waals surface area contributed by atoms with Crippen molar-refractivity contribution >= 4 is 35.8 Å². The van der Waals surface area contributed by atoms with Gasteiger partial charge in [-0.2, -0.15) is 0 Å². The molecule has 1 aromatic rings. The van der Waals surface area contributed by atoms with E-state index in [0.29, 0.717) is 6.61 Å². The number of nitrogens with one attached hydrogen (secondary N) is 1. The van der Waals surface area contributed by atoms with Crippen molar-refractivity contribution in [1.29, 1.82) is 0 Å². The van der Waals surface area contributed by atoms with Crippen molar-refractivity contribution in [3.63, 3.8) is 0 Å². The van der Waals surface area contributed by atoms with Crippen molar-refractivity contribution in [3.8, 4) is 0 Å². The lowest BCUT2D eigenvalue weighted by atomic mass is 9.96. The second kappa shape index (κ2) is 13.3. The average molecular weight is 558 g/mol. The van der Waals surface area contributed by atoms with Crippen LogP contribution in [0.15, 0.2) is 23.2 Å². The van der Waals surface area contributed by atoms with Crippen molar-refractivity contribution < 1.29 is 9.53 Å². The largest absolute Gasteiger partial charge is 0.370 e. The molecular formula is C24H40IN5O2.